The molecule has 0 fully saturated rings. The molecule has 6 nitrogen and oxygen atoms in total. The molecule has 0 aromatic rings. The zero-order valence-corrected chi connectivity index (χ0v) is 55.3. The Balaban J connectivity index is 4.26. The molecule has 0 heterocycles. The SMILES string of the molecule is CCCCC/C=C\C/C=C\CCCCCCCC(=O)OCC(COC(=O)CCCCCCCCCCCCCCCCC/C=C\C/C=C\CCCCCCC)OC(=O)CCCCCCCCCCCCCCCCCCCCCCCC. The van der Waals surface area contributed by atoms with Crippen LogP contribution in [0.25, 0.3) is 0 Å². The fourth-order valence-electron chi connectivity index (χ4n) is 11.0. The molecule has 0 radical (unpaired) electrons. The average molecular weight is 1150 g/mol. The second-order valence-corrected chi connectivity index (χ2v) is 24.9. The lowest BCUT2D eigenvalue weighted by Crippen LogP contribution is -2.30. The van der Waals surface area contributed by atoms with E-state index in [-0.39, 0.29) is 31.1 Å². The molecular formula is C76H140O6. The Morgan fingerprint density at radius 1 is 0.244 bits per heavy atom. The van der Waals surface area contributed by atoms with Crippen LogP contribution in [-0.2, 0) is 28.6 Å². The highest BCUT2D eigenvalue weighted by Crippen LogP contribution is 2.19. The van der Waals surface area contributed by atoms with Crippen LogP contribution in [0, 0.1) is 0 Å². The molecule has 0 aliphatic carbocycles. The summed E-state index contributed by atoms with van der Waals surface area (Å²) in [7, 11) is 0. The minimum atomic E-state index is -0.778. The molecule has 1 unspecified atom stereocenters. The molecule has 0 aromatic carbocycles. The van der Waals surface area contributed by atoms with E-state index < -0.39 is 6.10 Å². The minimum absolute atomic E-state index is 0.0729. The number of carbonyl (C=O) groups excluding carboxylic acids is 3. The van der Waals surface area contributed by atoms with E-state index >= 15 is 0 Å². The summed E-state index contributed by atoms with van der Waals surface area (Å²) in [5.74, 6) is -0.858. The van der Waals surface area contributed by atoms with Gasteiger partial charge in [0.25, 0.3) is 0 Å². The summed E-state index contributed by atoms with van der Waals surface area (Å²) in [5, 5.41) is 0. The van der Waals surface area contributed by atoms with Gasteiger partial charge in [-0.05, 0) is 83.5 Å². The van der Waals surface area contributed by atoms with E-state index in [1.165, 1.54) is 276 Å². The number of rotatable bonds is 68. The van der Waals surface area contributed by atoms with Crippen LogP contribution < -0.4 is 0 Å². The van der Waals surface area contributed by atoms with Gasteiger partial charge in [0.2, 0.25) is 0 Å². The number of ether oxygens (including phenoxy) is 3. The van der Waals surface area contributed by atoms with Gasteiger partial charge in [0, 0.05) is 19.3 Å². The molecular weight excluding hydrogens is 1010 g/mol. The maximum Gasteiger partial charge on any atom is 0.306 e. The van der Waals surface area contributed by atoms with Crippen LogP contribution in [0.2, 0.25) is 0 Å². The molecule has 0 amide bonds. The van der Waals surface area contributed by atoms with Crippen LogP contribution in [0.1, 0.15) is 400 Å². The van der Waals surface area contributed by atoms with Crippen LogP contribution in [-0.4, -0.2) is 37.2 Å². The van der Waals surface area contributed by atoms with Crippen LogP contribution in [0.3, 0.4) is 0 Å². The summed E-state index contributed by atoms with van der Waals surface area (Å²) in [4.78, 5) is 38.5. The van der Waals surface area contributed by atoms with Gasteiger partial charge < -0.3 is 14.2 Å². The average Bonchev–Trinajstić information content (AvgIpc) is 3.48. The molecule has 0 aliphatic heterocycles. The highest BCUT2D eigenvalue weighted by Gasteiger charge is 2.19. The first kappa shape index (κ1) is 79.4. The summed E-state index contributed by atoms with van der Waals surface area (Å²) in [6.07, 6.45) is 90.0. The highest BCUT2D eigenvalue weighted by molar-refractivity contribution is 5.71. The topological polar surface area (TPSA) is 78.9 Å². The number of hydrogen-bond acceptors (Lipinski definition) is 6. The van der Waals surface area contributed by atoms with Crippen molar-refractivity contribution in [2.24, 2.45) is 0 Å². The lowest BCUT2D eigenvalue weighted by molar-refractivity contribution is -0.167. The molecule has 0 saturated heterocycles. The lowest BCUT2D eigenvalue weighted by Gasteiger charge is -2.18. The fourth-order valence-corrected chi connectivity index (χ4v) is 11.0. The van der Waals surface area contributed by atoms with Crippen LogP contribution in [0.5, 0.6) is 0 Å². The second kappa shape index (κ2) is 70.9. The first-order valence-electron chi connectivity index (χ1n) is 36.6. The number of esters is 3. The lowest BCUT2D eigenvalue weighted by atomic mass is 10.0. The highest BCUT2D eigenvalue weighted by atomic mass is 16.6. The summed E-state index contributed by atoms with van der Waals surface area (Å²) >= 11 is 0. The second-order valence-electron chi connectivity index (χ2n) is 24.9. The number of allylic oxidation sites excluding steroid dienone is 8. The molecule has 82 heavy (non-hydrogen) atoms. The van der Waals surface area contributed by atoms with Crippen molar-refractivity contribution in [2.75, 3.05) is 13.2 Å². The smallest absolute Gasteiger partial charge is 0.306 e. The van der Waals surface area contributed by atoms with Crippen molar-refractivity contribution in [2.45, 2.75) is 406 Å². The van der Waals surface area contributed by atoms with Crippen molar-refractivity contribution in [1.82, 2.24) is 0 Å². The Kier molecular flexibility index (Phi) is 68.6. The van der Waals surface area contributed by atoms with Gasteiger partial charge in [0.05, 0.1) is 0 Å². The van der Waals surface area contributed by atoms with Gasteiger partial charge >= 0.3 is 17.9 Å². The van der Waals surface area contributed by atoms with Crippen LogP contribution in [0.15, 0.2) is 48.6 Å². The summed E-state index contributed by atoms with van der Waals surface area (Å²) in [6.45, 7) is 6.67. The van der Waals surface area contributed by atoms with E-state index in [9.17, 15) is 14.4 Å². The Morgan fingerprint density at radius 3 is 0.695 bits per heavy atom. The molecule has 0 rings (SSSR count). The van der Waals surface area contributed by atoms with Crippen molar-refractivity contribution in [3.8, 4) is 0 Å². The van der Waals surface area contributed by atoms with E-state index in [1.54, 1.807) is 0 Å². The van der Waals surface area contributed by atoms with E-state index in [2.05, 4.69) is 69.4 Å². The Bertz CT molecular complexity index is 1410. The molecule has 0 spiro atoms. The van der Waals surface area contributed by atoms with Gasteiger partial charge in [-0.3, -0.25) is 14.4 Å². The van der Waals surface area contributed by atoms with Gasteiger partial charge in [-0.2, -0.15) is 0 Å². The van der Waals surface area contributed by atoms with Gasteiger partial charge in [0.15, 0.2) is 6.10 Å². The first-order valence-corrected chi connectivity index (χ1v) is 36.6. The quantitative estimate of drug-likeness (QED) is 0.0261. The van der Waals surface area contributed by atoms with E-state index in [0.29, 0.717) is 19.3 Å². The third-order valence-electron chi connectivity index (χ3n) is 16.6. The summed E-state index contributed by atoms with van der Waals surface area (Å²) < 4.78 is 17.0. The van der Waals surface area contributed by atoms with Crippen molar-refractivity contribution >= 4 is 17.9 Å². The molecule has 0 aromatic heterocycles. The van der Waals surface area contributed by atoms with E-state index in [0.717, 1.165) is 83.5 Å². The normalized spacial score (nSPS) is 12.3. The van der Waals surface area contributed by atoms with Crippen LogP contribution >= 0.6 is 0 Å². The van der Waals surface area contributed by atoms with Gasteiger partial charge in [-0.15, -0.1) is 0 Å². The molecule has 0 bridgehead atoms. The van der Waals surface area contributed by atoms with Crippen LogP contribution in [0.4, 0.5) is 0 Å². The summed E-state index contributed by atoms with van der Waals surface area (Å²) in [5.41, 5.74) is 0. The van der Waals surface area contributed by atoms with Gasteiger partial charge in [-0.1, -0.05) is 345 Å². The summed E-state index contributed by atoms with van der Waals surface area (Å²) in [6, 6.07) is 0. The monoisotopic (exact) mass is 1150 g/mol. The Labute approximate surface area is 511 Å². The Hall–Kier alpha value is -2.63. The van der Waals surface area contributed by atoms with Crippen molar-refractivity contribution in [3.05, 3.63) is 48.6 Å². The van der Waals surface area contributed by atoms with Crippen molar-refractivity contribution in [3.63, 3.8) is 0 Å². The minimum Gasteiger partial charge on any atom is -0.462 e. The number of carbonyl (C=O) groups is 3. The maximum absolute atomic E-state index is 13.0. The predicted octanol–water partition coefficient (Wildman–Crippen LogP) is 25.3. The standard InChI is InChI=1S/C76H140O6/c1-4-7-10-13-16-19-22-25-28-30-32-34-36-37-38-39-40-42-43-45-48-51-54-57-60-63-66-69-75(78)81-72-73(71-80-74(77)68-65-62-59-56-53-50-47-27-24-21-18-15-12-9-6-3)82-76(79)70-67-64-61-58-55-52-49-46-44-41-35-33-31-29-26-23-20-17-14-11-8-5-2/h18,21-22,25,27,30,32,47,73H,4-17,19-20,23-24,26,28-29,31,33-46,48-72H2,1-3H3/b21-18-,25-22-,32-30-,47-27-. The molecule has 0 saturated carbocycles. The molecule has 6 heteroatoms. The fraction of sp³-hybridized carbons (Fsp3) is 0.855. The van der Waals surface area contributed by atoms with Crippen molar-refractivity contribution in [1.29, 1.82) is 0 Å². The van der Waals surface area contributed by atoms with Gasteiger partial charge in [-0.25, -0.2) is 0 Å². The third kappa shape index (κ3) is 68.2. The molecule has 0 N–H and O–H groups in total. The van der Waals surface area contributed by atoms with Crippen molar-refractivity contribution < 1.29 is 28.6 Å². The largest absolute Gasteiger partial charge is 0.462 e. The van der Waals surface area contributed by atoms with E-state index in [4.69, 9.17) is 14.2 Å². The zero-order valence-electron chi connectivity index (χ0n) is 55.3. The third-order valence-corrected chi connectivity index (χ3v) is 16.6. The molecule has 480 valence electrons. The van der Waals surface area contributed by atoms with E-state index in [1.807, 2.05) is 0 Å². The molecule has 1 atom stereocenters. The zero-order chi connectivity index (χ0) is 59.2. The Morgan fingerprint density at radius 2 is 0.439 bits per heavy atom. The number of hydrogen-bond donors (Lipinski definition) is 0. The van der Waals surface area contributed by atoms with Gasteiger partial charge in [0.1, 0.15) is 13.2 Å². The maximum atomic E-state index is 13.0. The number of unbranched alkanes of at least 4 members (excludes halogenated alkanes) is 49. The predicted molar refractivity (Wildman–Crippen MR) is 358 cm³/mol. The first-order chi connectivity index (χ1) is 40.5. The molecule has 0 aliphatic rings.